The van der Waals surface area contributed by atoms with E-state index in [2.05, 4.69) is 6.92 Å². The molecule has 66 valence electrons. The van der Waals surface area contributed by atoms with E-state index in [1.54, 1.807) is 0 Å². The van der Waals surface area contributed by atoms with E-state index in [4.69, 9.17) is 0 Å². The van der Waals surface area contributed by atoms with Crippen molar-refractivity contribution >= 4 is 5.69 Å². The Bertz CT molecular complexity index is 269. The zero-order valence-corrected chi connectivity index (χ0v) is 7.83. The van der Waals surface area contributed by atoms with E-state index in [9.17, 15) is 5.11 Å². The van der Waals surface area contributed by atoms with Crippen LogP contribution in [0.3, 0.4) is 0 Å². The maximum Gasteiger partial charge on any atom is 0.139 e. The standard InChI is InChI=1S/C10H15NO/c1-4-8-5-6-9(11(2)3)10(12)7-8/h5-7,12H,4H2,1-3H3. The molecule has 0 unspecified atom stereocenters. The molecule has 1 rings (SSSR count). The maximum atomic E-state index is 9.55. The molecule has 0 aromatic heterocycles. The van der Waals surface area contributed by atoms with Gasteiger partial charge >= 0.3 is 0 Å². The van der Waals surface area contributed by atoms with Crippen LogP contribution in [0.25, 0.3) is 0 Å². The lowest BCUT2D eigenvalue weighted by Crippen LogP contribution is -2.08. The summed E-state index contributed by atoms with van der Waals surface area (Å²) in [7, 11) is 3.83. The lowest BCUT2D eigenvalue weighted by atomic mass is 10.1. The summed E-state index contributed by atoms with van der Waals surface area (Å²) in [6.45, 7) is 2.07. The predicted octanol–water partition coefficient (Wildman–Crippen LogP) is 2.02. The summed E-state index contributed by atoms with van der Waals surface area (Å²) in [6, 6.07) is 5.79. The molecule has 0 bridgehead atoms. The number of rotatable bonds is 2. The van der Waals surface area contributed by atoms with E-state index in [-0.39, 0.29) is 0 Å². The third-order valence-corrected chi connectivity index (χ3v) is 1.93. The molecule has 0 saturated carbocycles. The second kappa shape index (κ2) is 3.48. The summed E-state index contributed by atoms with van der Waals surface area (Å²) in [6.07, 6.45) is 0.960. The average Bonchev–Trinajstić information content (AvgIpc) is 2.03. The molecule has 0 heterocycles. The number of aryl methyl sites for hydroxylation is 1. The van der Waals surface area contributed by atoms with Crippen molar-refractivity contribution in [1.29, 1.82) is 0 Å². The Morgan fingerprint density at radius 1 is 1.33 bits per heavy atom. The molecule has 0 fully saturated rings. The minimum atomic E-state index is 0.361. The normalized spacial score (nSPS) is 9.92. The van der Waals surface area contributed by atoms with Crippen molar-refractivity contribution in [2.75, 3.05) is 19.0 Å². The Morgan fingerprint density at radius 2 is 2.00 bits per heavy atom. The molecule has 0 saturated heterocycles. The summed E-state index contributed by atoms with van der Waals surface area (Å²) >= 11 is 0. The first-order chi connectivity index (χ1) is 5.65. The first-order valence-corrected chi connectivity index (χ1v) is 4.14. The number of hydrogen-bond donors (Lipinski definition) is 1. The van der Waals surface area contributed by atoms with Gasteiger partial charge in [-0.05, 0) is 24.1 Å². The first-order valence-electron chi connectivity index (χ1n) is 4.14. The van der Waals surface area contributed by atoms with Gasteiger partial charge in [-0.3, -0.25) is 0 Å². The van der Waals surface area contributed by atoms with Gasteiger partial charge in [-0.15, -0.1) is 0 Å². The van der Waals surface area contributed by atoms with Crippen molar-refractivity contribution in [3.05, 3.63) is 23.8 Å². The van der Waals surface area contributed by atoms with Crippen LogP contribution < -0.4 is 4.90 Å². The Hall–Kier alpha value is -1.18. The maximum absolute atomic E-state index is 9.55. The summed E-state index contributed by atoms with van der Waals surface area (Å²) in [4.78, 5) is 1.90. The highest BCUT2D eigenvalue weighted by atomic mass is 16.3. The van der Waals surface area contributed by atoms with Crippen molar-refractivity contribution in [2.24, 2.45) is 0 Å². The Labute approximate surface area is 73.4 Å². The van der Waals surface area contributed by atoms with Gasteiger partial charge in [-0.1, -0.05) is 13.0 Å². The van der Waals surface area contributed by atoms with Crippen LogP contribution >= 0.6 is 0 Å². The SMILES string of the molecule is CCc1ccc(N(C)C)c(O)c1. The van der Waals surface area contributed by atoms with Crippen LogP contribution in [0.5, 0.6) is 5.75 Å². The van der Waals surface area contributed by atoms with E-state index in [0.29, 0.717) is 5.75 Å². The van der Waals surface area contributed by atoms with Crippen LogP contribution in [0.1, 0.15) is 12.5 Å². The summed E-state index contributed by atoms with van der Waals surface area (Å²) in [5.41, 5.74) is 2.03. The topological polar surface area (TPSA) is 23.5 Å². The van der Waals surface area contributed by atoms with Gasteiger partial charge < -0.3 is 10.0 Å². The number of benzene rings is 1. The monoisotopic (exact) mass is 165 g/mol. The molecule has 2 nitrogen and oxygen atoms in total. The number of aromatic hydroxyl groups is 1. The first kappa shape index (κ1) is 8.91. The van der Waals surface area contributed by atoms with E-state index in [1.165, 1.54) is 0 Å². The largest absolute Gasteiger partial charge is 0.506 e. The van der Waals surface area contributed by atoms with Gasteiger partial charge in [0.25, 0.3) is 0 Å². The number of phenolic OH excluding ortho intramolecular Hbond substituents is 1. The highest BCUT2D eigenvalue weighted by Crippen LogP contribution is 2.26. The predicted molar refractivity (Wildman–Crippen MR) is 51.8 cm³/mol. The van der Waals surface area contributed by atoms with Gasteiger partial charge in [0, 0.05) is 14.1 Å². The molecule has 12 heavy (non-hydrogen) atoms. The van der Waals surface area contributed by atoms with Crippen molar-refractivity contribution in [1.82, 2.24) is 0 Å². The van der Waals surface area contributed by atoms with E-state index < -0.39 is 0 Å². The third kappa shape index (κ3) is 1.70. The lowest BCUT2D eigenvalue weighted by molar-refractivity contribution is 0.475. The molecule has 0 aliphatic heterocycles. The molecule has 1 aromatic rings. The molecular formula is C10H15NO. The molecule has 0 spiro atoms. The number of anilines is 1. The fourth-order valence-corrected chi connectivity index (χ4v) is 1.17. The van der Waals surface area contributed by atoms with Gasteiger partial charge in [0.1, 0.15) is 5.75 Å². The Balaban J connectivity index is 3.03. The number of phenols is 1. The van der Waals surface area contributed by atoms with Crippen molar-refractivity contribution < 1.29 is 5.11 Å². The number of nitrogens with zero attached hydrogens (tertiary/aromatic N) is 1. The third-order valence-electron chi connectivity index (χ3n) is 1.93. The lowest BCUT2D eigenvalue weighted by Gasteiger charge is -2.14. The molecular weight excluding hydrogens is 150 g/mol. The molecule has 0 atom stereocenters. The smallest absolute Gasteiger partial charge is 0.139 e. The molecule has 1 N–H and O–H groups in total. The van der Waals surface area contributed by atoms with Gasteiger partial charge in [-0.2, -0.15) is 0 Å². The fourth-order valence-electron chi connectivity index (χ4n) is 1.17. The van der Waals surface area contributed by atoms with Crippen LogP contribution in [-0.4, -0.2) is 19.2 Å². The van der Waals surface area contributed by atoms with E-state index in [0.717, 1.165) is 17.7 Å². The van der Waals surface area contributed by atoms with Gasteiger partial charge in [0.2, 0.25) is 0 Å². The van der Waals surface area contributed by atoms with E-state index >= 15 is 0 Å². The van der Waals surface area contributed by atoms with Crippen LogP contribution in [0.4, 0.5) is 5.69 Å². The van der Waals surface area contributed by atoms with Crippen LogP contribution in [0.2, 0.25) is 0 Å². The fraction of sp³-hybridized carbons (Fsp3) is 0.400. The second-order valence-electron chi connectivity index (χ2n) is 3.07. The van der Waals surface area contributed by atoms with Crippen LogP contribution in [-0.2, 0) is 6.42 Å². The zero-order valence-electron chi connectivity index (χ0n) is 7.83. The van der Waals surface area contributed by atoms with Gasteiger partial charge in [0.15, 0.2) is 0 Å². The minimum Gasteiger partial charge on any atom is -0.506 e. The van der Waals surface area contributed by atoms with Crippen molar-refractivity contribution in [2.45, 2.75) is 13.3 Å². The zero-order chi connectivity index (χ0) is 9.14. The Morgan fingerprint density at radius 3 is 2.42 bits per heavy atom. The molecule has 0 aliphatic carbocycles. The molecule has 0 amide bonds. The van der Waals surface area contributed by atoms with Crippen LogP contribution in [0.15, 0.2) is 18.2 Å². The van der Waals surface area contributed by atoms with Gasteiger partial charge in [-0.25, -0.2) is 0 Å². The van der Waals surface area contributed by atoms with E-state index in [1.807, 2.05) is 37.2 Å². The summed E-state index contributed by atoms with van der Waals surface area (Å²) in [5.74, 6) is 0.361. The van der Waals surface area contributed by atoms with Gasteiger partial charge in [0.05, 0.1) is 5.69 Å². The molecule has 0 aliphatic rings. The number of hydrogen-bond acceptors (Lipinski definition) is 2. The second-order valence-corrected chi connectivity index (χ2v) is 3.07. The molecule has 1 aromatic carbocycles. The quantitative estimate of drug-likeness (QED) is 0.724. The summed E-state index contributed by atoms with van der Waals surface area (Å²) < 4.78 is 0. The molecule has 2 heteroatoms. The van der Waals surface area contributed by atoms with Crippen LogP contribution in [0, 0.1) is 0 Å². The minimum absolute atomic E-state index is 0.361. The Kier molecular flexibility index (Phi) is 2.58. The highest BCUT2D eigenvalue weighted by molar-refractivity contribution is 5.57. The molecule has 0 radical (unpaired) electrons. The van der Waals surface area contributed by atoms with Crippen molar-refractivity contribution in [3.63, 3.8) is 0 Å². The van der Waals surface area contributed by atoms with Crippen molar-refractivity contribution in [3.8, 4) is 5.75 Å². The summed E-state index contributed by atoms with van der Waals surface area (Å²) in [5, 5.41) is 9.55. The average molecular weight is 165 g/mol. The highest BCUT2D eigenvalue weighted by Gasteiger charge is 2.02.